The zero-order valence-electron chi connectivity index (χ0n) is 8.93. The summed E-state index contributed by atoms with van der Waals surface area (Å²) in [7, 11) is 0. The molecule has 0 saturated carbocycles. The largest absolute Gasteiger partial charge is 0.461 e. The summed E-state index contributed by atoms with van der Waals surface area (Å²) in [4.78, 5) is 23.7. The van der Waals surface area contributed by atoms with E-state index in [-0.39, 0.29) is 18.0 Å². The fourth-order valence-corrected chi connectivity index (χ4v) is 1.95. The Kier molecular flexibility index (Phi) is 2.42. The minimum absolute atomic E-state index is 0.186. The van der Waals surface area contributed by atoms with Gasteiger partial charge in [-0.3, -0.25) is 9.59 Å². The first-order valence-electron chi connectivity index (χ1n) is 5.03. The normalized spacial score (nSPS) is 28.1. The van der Waals surface area contributed by atoms with Gasteiger partial charge in [-0.05, 0) is 25.5 Å². The van der Waals surface area contributed by atoms with Crippen LogP contribution in [-0.4, -0.2) is 17.9 Å². The number of cyclic esters (lactones) is 1. The van der Waals surface area contributed by atoms with Crippen LogP contribution < -0.4 is 0 Å². The predicted octanol–water partition coefficient (Wildman–Crippen LogP) is 1.97. The van der Waals surface area contributed by atoms with Gasteiger partial charge in [-0.1, -0.05) is 6.08 Å². The van der Waals surface area contributed by atoms with Gasteiger partial charge in [-0.25, -0.2) is 0 Å². The molecule has 2 rings (SSSR count). The second-order valence-corrected chi connectivity index (χ2v) is 3.82. The van der Waals surface area contributed by atoms with Crippen LogP contribution in [0.5, 0.6) is 0 Å². The Balaban J connectivity index is 2.37. The molecule has 1 saturated heterocycles. The summed E-state index contributed by atoms with van der Waals surface area (Å²) in [5, 5.41) is 0. The van der Waals surface area contributed by atoms with E-state index in [1.54, 1.807) is 25.1 Å². The van der Waals surface area contributed by atoms with E-state index in [9.17, 15) is 9.59 Å². The van der Waals surface area contributed by atoms with Crippen molar-refractivity contribution in [1.29, 1.82) is 0 Å². The van der Waals surface area contributed by atoms with Gasteiger partial charge in [-0.15, -0.1) is 6.58 Å². The van der Waals surface area contributed by atoms with Crippen LogP contribution in [-0.2, 0) is 9.53 Å². The number of allylic oxidation sites excluding steroid dienone is 1. The van der Waals surface area contributed by atoms with Crippen LogP contribution in [0.3, 0.4) is 0 Å². The number of ketones is 1. The van der Waals surface area contributed by atoms with Gasteiger partial charge in [0.2, 0.25) is 5.78 Å². The summed E-state index contributed by atoms with van der Waals surface area (Å²) in [6.07, 6.45) is 2.80. The van der Waals surface area contributed by atoms with Crippen molar-refractivity contribution in [2.24, 2.45) is 5.41 Å². The third-order valence-corrected chi connectivity index (χ3v) is 2.96. The second-order valence-electron chi connectivity index (χ2n) is 3.82. The molecular formula is C12H12O4. The van der Waals surface area contributed by atoms with Crippen molar-refractivity contribution in [2.45, 2.75) is 19.4 Å². The van der Waals surface area contributed by atoms with Gasteiger partial charge in [0.25, 0.3) is 0 Å². The van der Waals surface area contributed by atoms with Crippen LogP contribution >= 0.6 is 0 Å². The third kappa shape index (κ3) is 1.23. The Labute approximate surface area is 92.9 Å². The Morgan fingerprint density at radius 3 is 2.88 bits per heavy atom. The van der Waals surface area contributed by atoms with Crippen molar-refractivity contribution in [2.75, 3.05) is 0 Å². The molecule has 4 nitrogen and oxygen atoms in total. The number of hydrogen-bond acceptors (Lipinski definition) is 4. The quantitative estimate of drug-likeness (QED) is 0.337. The summed E-state index contributed by atoms with van der Waals surface area (Å²) < 4.78 is 9.91. The van der Waals surface area contributed by atoms with Crippen molar-refractivity contribution in [3.8, 4) is 0 Å². The van der Waals surface area contributed by atoms with Gasteiger partial charge < -0.3 is 9.15 Å². The molecule has 1 aliphatic heterocycles. The maximum absolute atomic E-state index is 12.2. The van der Waals surface area contributed by atoms with Gasteiger partial charge >= 0.3 is 5.97 Å². The summed E-state index contributed by atoms with van der Waals surface area (Å²) in [6.45, 7) is 5.27. The molecule has 0 unspecified atom stereocenters. The summed E-state index contributed by atoms with van der Waals surface area (Å²) in [5.74, 6) is -0.646. The highest BCUT2D eigenvalue weighted by Crippen LogP contribution is 2.42. The summed E-state index contributed by atoms with van der Waals surface area (Å²) in [5.41, 5.74) is -1.14. The monoisotopic (exact) mass is 220 g/mol. The van der Waals surface area contributed by atoms with E-state index < -0.39 is 17.5 Å². The van der Waals surface area contributed by atoms with Gasteiger partial charge in [-0.2, -0.15) is 0 Å². The average molecular weight is 220 g/mol. The van der Waals surface area contributed by atoms with Gasteiger partial charge in [0.1, 0.15) is 6.10 Å². The lowest BCUT2D eigenvalue weighted by Crippen LogP contribution is -2.59. The maximum Gasteiger partial charge on any atom is 0.324 e. The molecule has 0 radical (unpaired) electrons. The lowest BCUT2D eigenvalue weighted by molar-refractivity contribution is -0.194. The van der Waals surface area contributed by atoms with Crippen molar-refractivity contribution in [3.05, 3.63) is 36.8 Å². The van der Waals surface area contributed by atoms with E-state index in [1.807, 2.05) is 0 Å². The Hall–Kier alpha value is -1.84. The fourth-order valence-electron chi connectivity index (χ4n) is 1.95. The second kappa shape index (κ2) is 3.63. The molecule has 1 fully saturated rings. The number of Topliss-reactive ketones (excluding diaryl/α,β-unsaturated/α-hetero) is 1. The third-order valence-electron chi connectivity index (χ3n) is 2.96. The van der Waals surface area contributed by atoms with Crippen LogP contribution in [0.15, 0.2) is 35.5 Å². The molecule has 1 aromatic heterocycles. The molecule has 16 heavy (non-hydrogen) atoms. The van der Waals surface area contributed by atoms with E-state index in [4.69, 9.17) is 9.15 Å². The molecule has 0 N–H and O–H groups in total. The molecule has 84 valence electrons. The van der Waals surface area contributed by atoms with Crippen molar-refractivity contribution in [3.63, 3.8) is 0 Å². The molecule has 0 spiro atoms. The highest BCUT2D eigenvalue weighted by molar-refractivity contribution is 6.14. The van der Waals surface area contributed by atoms with Crippen LogP contribution in [0.4, 0.5) is 0 Å². The smallest absolute Gasteiger partial charge is 0.324 e. The highest BCUT2D eigenvalue weighted by Gasteiger charge is 2.61. The summed E-state index contributed by atoms with van der Waals surface area (Å²) >= 11 is 0. The molecule has 1 aromatic rings. The molecule has 2 atom stereocenters. The van der Waals surface area contributed by atoms with Gasteiger partial charge in [0.05, 0.1) is 6.26 Å². The van der Waals surface area contributed by atoms with E-state index in [0.717, 1.165) is 0 Å². The van der Waals surface area contributed by atoms with Gasteiger partial charge in [0, 0.05) is 0 Å². The van der Waals surface area contributed by atoms with Crippen LogP contribution in [0, 0.1) is 5.41 Å². The average Bonchev–Trinajstić information content (AvgIpc) is 2.78. The Morgan fingerprint density at radius 1 is 1.69 bits per heavy atom. The number of ether oxygens (including phenoxy) is 1. The molecule has 1 aliphatic rings. The molecule has 0 amide bonds. The maximum atomic E-state index is 12.2. The lowest BCUT2D eigenvalue weighted by atomic mass is 9.71. The molecule has 0 aromatic carbocycles. The predicted molar refractivity (Wildman–Crippen MR) is 55.8 cm³/mol. The van der Waals surface area contributed by atoms with Crippen LogP contribution in [0.1, 0.15) is 23.9 Å². The number of carbonyl (C=O) groups is 2. The van der Waals surface area contributed by atoms with E-state index in [2.05, 4.69) is 6.58 Å². The Morgan fingerprint density at radius 2 is 2.44 bits per heavy atom. The molecular weight excluding hydrogens is 208 g/mol. The number of rotatable bonds is 4. The number of esters is 1. The van der Waals surface area contributed by atoms with Crippen LogP contribution in [0.25, 0.3) is 0 Å². The zero-order chi connectivity index (χ0) is 11.8. The first-order valence-corrected chi connectivity index (χ1v) is 5.03. The lowest BCUT2D eigenvalue weighted by Gasteiger charge is -2.42. The number of hydrogen-bond donors (Lipinski definition) is 0. The minimum Gasteiger partial charge on any atom is -0.461 e. The molecule has 0 aliphatic carbocycles. The highest BCUT2D eigenvalue weighted by atomic mass is 16.6. The summed E-state index contributed by atoms with van der Waals surface area (Å²) in [6, 6.07) is 3.16. The van der Waals surface area contributed by atoms with Crippen molar-refractivity contribution >= 4 is 11.8 Å². The minimum atomic E-state index is -1.14. The van der Waals surface area contributed by atoms with Gasteiger partial charge in [0.15, 0.2) is 11.2 Å². The Bertz CT molecular complexity index is 432. The number of carbonyl (C=O) groups excluding carboxylic acids is 2. The molecule has 4 heteroatoms. The topological polar surface area (TPSA) is 56.5 Å². The van der Waals surface area contributed by atoms with Crippen molar-refractivity contribution < 1.29 is 18.7 Å². The standard InChI is InChI=1S/C12H12O4/c1-3-6-12(8(2)16-11(12)14)10(13)9-5-4-7-15-9/h3-5,7-8H,1,6H2,2H3/t8-,12-/m0/s1. The van der Waals surface area contributed by atoms with Crippen LogP contribution in [0.2, 0.25) is 0 Å². The van der Waals surface area contributed by atoms with E-state index in [0.29, 0.717) is 0 Å². The van der Waals surface area contributed by atoms with Crippen molar-refractivity contribution in [1.82, 2.24) is 0 Å². The van der Waals surface area contributed by atoms with E-state index >= 15 is 0 Å². The fraction of sp³-hybridized carbons (Fsp3) is 0.333. The number of furan rings is 1. The molecule has 0 bridgehead atoms. The SMILES string of the molecule is C=CC[C@]1(C(=O)c2ccco2)C(=O)O[C@H]1C. The zero-order valence-corrected chi connectivity index (χ0v) is 8.93. The first-order chi connectivity index (χ1) is 7.63. The van der Waals surface area contributed by atoms with E-state index in [1.165, 1.54) is 6.26 Å². The first kappa shape index (κ1) is 10.7. The molecule has 2 heterocycles.